The van der Waals surface area contributed by atoms with Crippen molar-refractivity contribution in [3.63, 3.8) is 0 Å². The van der Waals surface area contributed by atoms with Gasteiger partial charge in [-0.1, -0.05) is 24.3 Å². The number of benzene rings is 1. The summed E-state index contributed by atoms with van der Waals surface area (Å²) in [6.07, 6.45) is 6.00. The van der Waals surface area contributed by atoms with E-state index in [9.17, 15) is 4.79 Å². The highest BCUT2D eigenvalue weighted by molar-refractivity contribution is 5.77. The number of carbonyl (C=O) groups excluding carboxylic acids is 1. The fourth-order valence-electron chi connectivity index (χ4n) is 3.98. The number of amides is 1. The van der Waals surface area contributed by atoms with Crippen LogP contribution >= 0.6 is 0 Å². The quantitative estimate of drug-likeness (QED) is 0.900. The average molecular weight is 336 g/mol. The smallest absolute Gasteiger partial charge is 0.222 e. The van der Waals surface area contributed by atoms with E-state index in [0.29, 0.717) is 12.6 Å². The van der Waals surface area contributed by atoms with E-state index in [0.717, 1.165) is 43.7 Å². The maximum absolute atomic E-state index is 11.4. The molecule has 2 aliphatic rings. The third-order valence-corrected chi connectivity index (χ3v) is 5.37. The normalized spacial score (nSPS) is 22.5. The number of anilines is 2. The van der Waals surface area contributed by atoms with Gasteiger partial charge in [0.1, 0.15) is 5.82 Å². The second-order valence-electron chi connectivity index (χ2n) is 7.03. The Morgan fingerprint density at radius 1 is 1.20 bits per heavy atom. The summed E-state index contributed by atoms with van der Waals surface area (Å²) < 4.78 is 0. The minimum atomic E-state index is -0.206. The molecule has 1 aromatic heterocycles. The molecule has 2 atom stereocenters. The third kappa shape index (κ3) is 3.31. The van der Waals surface area contributed by atoms with Crippen LogP contribution in [0.25, 0.3) is 0 Å². The molecule has 0 spiro atoms. The van der Waals surface area contributed by atoms with Crippen LogP contribution in [0.4, 0.5) is 11.5 Å². The fraction of sp³-hybridized carbons (Fsp3) is 0.400. The maximum atomic E-state index is 11.4. The second kappa shape index (κ2) is 6.75. The van der Waals surface area contributed by atoms with Gasteiger partial charge in [-0.3, -0.25) is 4.79 Å². The second-order valence-corrected chi connectivity index (χ2v) is 7.03. The maximum Gasteiger partial charge on any atom is 0.222 e. The first kappa shape index (κ1) is 15.9. The molecular formula is C20H24N4O. The van der Waals surface area contributed by atoms with E-state index in [1.165, 1.54) is 11.1 Å². The van der Waals surface area contributed by atoms with Gasteiger partial charge in [0.25, 0.3) is 0 Å². The number of hydrogen-bond acceptors (Lipinski definition) is 4. The van der Waals surface area contributed by atoms with Crippen molar-refractivity contribution in [1.82, 2.24) is 4.98 Å². The highest BCUT2D eigenvalue weighted by Crippen LogP contribution is 2.33. The number of nitrogens with two attached hydrogens (primary N) is 1. The number of carbonyl (C=O) groups is 1. The molecular weight excluding hydrogens is 312 g/mol. The van der Waals surface area contributed by atoms with Crippen LogP contribution in [0.1, 0.15) is 36.4 Å². The lowest BCUT2D eigenvalue weighted by Gasteiger charge is -2.32. The Hall–Kier alpha value is -2.56. The van der Waals surface area contributed by atoms with Crippen LogP contribution in [0.15, 0.2) is 42.6 Å². The first-order valence-electron chi connectivity index (χ1n) is 9.05. The van der Waals surface area contributed by atoms with Crippen LogP contribution < -0.4 is 16.0 Å². The molecule has 0 unspecified atom stereocenters. The van der Waals surface area contributed by atoms with Crippen LogP contribution in [0.3, 0.4) is 0 Å². The van der Waals surface area contributed by atoms with Crippen LogP contribution in [-0.2, 0) is 11.2 Å². The molecule has 1 aromatic carbocycles. The number of aromatic nitrogens is 1. The van der Waals surface area contributed by atoms with Gasteiger partial charge in [-0.2, -0.15) is 0 Å². The Labute approximate surface area is 148 Å². The first-order chi connectivity index (χ1) is 12.2. The molecule has 5 heteroatoms. The SMILES string of the molecule is NC(=O)[C@@H]1CCCN(c2ccc(N[C@H]3CCc4ccccc43)cn2)C1. The molecule has 1 fully saturated rings. The van der Waals surface area contributed by atoms with Crippen LogP contribution in [0, 0.1) is 5.92 Å². The van der Waals surface area contributed by atoms with Crippen LogP contribution in [0.5, 0.6) is 0 Å². The standard InChI is InChI=1S/C20H24N4O/c21-20(25)15-5-3-11-24(13-15)19-10-8-16(12-22-19)23-18-9-7-14-4-1-2-6-17(14)18/h1-2,4,6,8,10,12,15,18,23H,3,5,7,9,11,13H2,(H2,21,25)/t15-,18+/m1/s1. The van der Waals surface area contributed by atoms with Crippen molar-refractivity contribution in [3.8, 4) is 0 Å². The molecule has 1 saturated heterocycles. The van der Waals surface area contributed by atoms with Gasteiger partial charge in [0.2, 0.25) is 5.91 Å². The molecule has 2 aromatic rings. The average Bonchev–Trinajstić information content (AvgIpc) is 3.05. The summed E-state index contributed by atoms with van der Waals surface area (Å²) in [6.45, 7) is 1.60. The Morgan fingerprint density at radius 3 is 2.88 bits per heavy atom. The molecule has 5 nitrogen and oxygen atoms in total. The first-order valence-corrected chi connectivity index (χ1v) is 9.05. The number of piperidine rings is 1. The summed E-state index contributed by atoms with van der Waals surface area (Å²) in [6, 6.07) is 13.1. The molecule has 0 saturated carbocycles. The van der Waals surface area contributed by atoms with Crippen molar-refractivity contribution in [2.24, 2.45) is 11.7 Å². The molecule has 1 aliphatic carbocycles. The zero-order chi connectivity index (χ0) is 17.2. The molecule has 1 aliphatic heterocycles. The van der Waals surface area contributed by atoms with Crippen molar-refractivity contribution >= 4 is 17.4 Å². The van der Waals surface area contributed by atoms with Crippen molar-refractivity contribution in [1.29, 1.82) is 0 Å². The largest absolute Gasteiger partial charge is 0.377 e. The Kier molecular flexibility index (Phi) is 4.30. The predicted octanol–water partition coefficient (Wildman–Crippen LogP) is 2.88. The summed E-state index contributed by atoms with van der Waals surface area (Å²) in [7, 11) is 0. The van der Waals surface area contributed by atoms with Gasteiger partial charge in [0, 0.05) is 13.1 Å². The highest BCUT2D eigenvalue weighted by Gasteiger charge is 2.25. The van der Waals surface area contributed by atoms with Gasteiger partial charge in [-0.25, -0.2) is 4.98 Å². The van der Waals surface area contributed by atoms with Gasteiger partial charge in [0.15, 0.2) is 0 Å². The lowest BCUT2D eigenvalue weighted by atomic mass is 9.97. The minimum Gasteiger partial charge on any atom is -0.377 e. The van der Waals surface area contributed by atoms with Gasteiger partial charge in [-0.05, 0) is 48.9 Å². The van der Waals surface area contributed by atoms with Crippen molar-refractivity contribution < 1.29 is 4.79 Å². The van der Waals surface area contributed by atoms with E-state index in [1.54, 1.807) is 0 Å². The van der Waals surface area contributed by atoms with E-state index >= 15 is 0 Å². The van der Waals surface area contributed by atoms with Crippen molar-refractivity contribution in [3.05, 3.63) is 53.7 Å². The molecule has 0 bridgehead atoms. The van der Waals surface area contributed by atoms with Crippen molar-refractivity contribution in [2.45, 2.75) is 31.7 Å². The third-order valence-electron chi connectivity index (χ3n) is 5.37. The number of nitrogens with zero attached hydrogens (tertiary/aromatic N) is 2. The fourth-order valence-corrected chi connectivity index (χ4v) is 3.98. The lowest BCUT2D eigenvalue weighted by molar-refractivity contribution is -0.122. The van der Waals surface area contributed by atoms with Crippen LogP contribution in [-0.4, -0.2) is 24.0 Å². The molecule has 0 radical (unpaired) electrons. The lowest BCUT2D eigenvalue weighted by Crippen LogP contribution is -2.41. The van der Waals surface area contributed by atoms with E-state index in [-0.39, 0.29) is 11.8 Å². The number of primary amides is 1. The van der Waals surface area contributed by atoms with Crippen LogP contribution in [0.2, 0.25) is 0 Å². The predicted molar refractivity (Wildman–Crippen MR) is 99.5 cm³/mol. The van der Waals surface area contributed by atoms with Gasteiger partial charge in [0.05, 0.1) is 23.8 Å². The van der Waals surface area contributed by atoms with E-state index in [1.807, 2.05) is 12.3 Å². The topological polar surface area (TPSA) is 71.2 Å². The monoisotopic (exact) mass is 336 g/mol. The van der Waals surface area contributed by atoms with Crippen molar-refractivity contribution in [2.75, 3.05) is 23.3 Å². The number of hydrogen-bond donors (Lipinski definition) is 2. The summed E-state index contributed by atoms with van der Waals surface area (Å²) >= 11 is 0. The summed E-state index contributed by atoms with van der Waals surface area (Å²) in [5.74, 6) is 0.648. The minimum absolute atomic E-state index is 0.0664. The molecule has 130 valence electrons. The molecule has 2 heterocycles. The Balaban J connectivity index is 1.43. The molecule has 4 rings (SSSR count). The number of fused-ring (bicyclic) bond motifs is 1. The zero-order valence-corrected chi connectivity index (χ0v) is 14.3. The number of rotatable bonds is 4. The van der Waals surface area contributed by atoms with E-state index in [4.69, 9.17) is 5.73 Å². The van der Waals surface area contributed by atoms with Gasteiger partial charge < -0.3 is 16.0 Å². The zero-order valence-electron chi connectivity index (χ0n) is 14.3. The Bertz CT molecular complexity index is 759. The number of pyridine rings is 1. The molecule has 1 amide bonds. The van der Waals surface area contributed by atoms with Gasteiger partial charge >= 0.3 is 0 Å². The highest BCUT2D eigenvalue weighted by atomic mass is 16.1. The summed E-state index contributed by atoms with van der Waals surface area (Å²) in [4.78, 5) is 18.2. The number of nitrogens with one attached hydrogen (secondary N) is 1. The molecule has 3 N–H and O–H groups in total. The van der Waals surface area contributed by atoms with E-state index < -0.39 is 0 Å². The van der Waals surface area contributed by atoms with E-state index in [2.05, 4.69) is 45.5 Å². The summed E-state index contributed by atoms with van der Waals surface area (Å²) in [5.41, 5.74) is 9.34. The molecule has 25 heavy (non-hydrogen) atoms. The summed E-state index contributed by atoms with van der Waals surface area (Å²) in [5, 5.41) is 3.60. The number of aryl methyl sites for hydroxylation is 1. The van der Waals surface area contributed by atoms with Gasteiger partial charge in [-0.15, -0.1) is 0 Å². The Morgan fingerprint density at radius 2 is 2.08 bits per heavy atom.